The van der Waals surface area contributed by atoms with Crippen LogP contribution in [0.25, 0.3) is 0 Å². The van der Waals surface area contributed by atoms with E-state index in [9.17, 15) is 4.39 Å². The van der Waals surface area contributed by atoms with Crippen LogP contribution in [0.5, 0.6) is 0 Å². The highest BCUT2D eigenvalue weighted by Gasteiger charge is 2.12. The molecule has 0 amide bonds. The molecule has 3 nitrogen and oxygen atoms in total. The SMILES string of the molecule is ONCc1ccc(CN2CCCCC2)c(F)c1. The summed E-state index contributed by atoms with van der Waals surface area (Å²) in [6.07, 6.45) is 3.72. The third kappa shape index (κ3) is 3.49. The van der Waals surface area contributed by atoms with Gasteiger partial charge in [0.15, 0.2) is 0 Å². The minimum absolute atomic E-state index is 0.177. The number of hydrogen-bond donors (Lipinski definition) is 2. The number of nitrogens with zero attached hydrogens (tertiary/aromatic N) is 1. The first-order valence-corrected chi connectivity index (χ1v) is 6.16. The molecular weight excluding hydrogens is 219 g/mol. The summed E-state index contributed by atoms with van der Waals surface area (Å²) in [6, 6.07) is 5.16. The molecule has 0 unspecified atom stereocenters. The summed E-state index contributed by atoms with van der Waals surface area (Å²) in [6.45, 7) is 3.11. The zero-order valence-electron chi connectivity index (χ0n) is 9.95. The molecule has 4 heteroatoms. The van der Waals surface area contributed by atoms with E-state index in [1.165, 1.54) is 25.3 Å². The molecule has 1 aliphatic rings. The second kappa shape index (κ2) is 6.10. The van der Waals surface area contributed by atoms with Gasteiger partial charge in [-0.15, -0.1) is 0 Å². The Kier molecular flexibility index (Phi) is 4.48. The molecule has 0 bridgehead atoms. The molecule has 0 atom stereocenters. The second-order valence-electron chi connectivity index (χ2n) is 4.60. The van der Waals surface area contributed by atoms with Crippen molar-refractivity contribution in [1.29, 1.82) is 0 Å². The fourth-order valence-electron chi connectivity index (χ4n) is 2.28. The van der Waals surface area contributed by atoms with Gasteiger partial charge in [0.1, 0.15) is 5.82 Å². The smallest absolute Gasteiger partial charge is 0.128 e. The highest BCUT2D eigenvalue weighted by Crippen LogP contribution is 2.16. The molecule has 17 heavy (non-hydrogen) atoms. The van der Waals surface area contributed by atoms with Crippen molar-refractivity contribution in [1.82, 2.24) is 10.4 Å². The van der Waals surface area contributed by atoms with Crippen molar-refractivity contribution in [2.75, 3.05) is 13.1 Å². The predicted octanol–water partition coefficient (Wildman–Crippen LogP) is 2.29. The van der Waals surface area contributed by atoms with Crippen molar-refractivity contribution in [2.24, 2.45) is 0 Å². The first-order valence-electron chi connectivity index (χ1n) is 6.16. The first kappa shape index (κ1) is 12.5. The minimum atomic E-state index is -0.177. The molecule has 1 heterocycles. The number of rotatable bonds is 4. The molecule has 1 aromatic carbocycles. The Morgan fingerprint density at radius 2 is 2.00 bits per heavy atom. The molecular formula is C13H19FN2O. The number of piperidine rings is 1. The fourth-order valence-corrected chi connectivity index (χ4v) is 2.28. The van der Waals surface area contributed by atoms with Gasteiger partial charge in [0.2, 0.25) is 0 Å². The van der Waals surface area contributed by atoms with Crippen LogP contribution in [-0.2, 0) is 13.1 Å². The van der Waals surface area contributed by atoms with Gasteiger partial charge in [0.05, 0.1) is 0 Å². The second-order valence-corrected chi connectivity index (χ2v) is 4.60. The Hall–Kier alpha value is -0.970. The van der Waals surface area contributed by atoms with Crippen LogP contribution in [0.4, 0.5) is 4.39 Å². The monoisotopic (exact) mass is 238 g/mol. The van der Waals surface area contributed by atoms with Gasteiger partial charge in [-0.1, -0.05) is 18.6 Å². The molecule has 1 saturated heterocycles. The van der Waals surface area contributed by atoms with Gasteiger partial charge < -0.3 is 5.21 Å². The summed E-state index contributed by atoms with van der Waals surface area (Å²) in [7, 11) is 0. The van der Waals surface area contributed by atoms with Crippen molar-refractivity contribution < 1.29 is 9.60 Å². The molecule has 94 valence electrons. The van der Waals surface area contributed by atoms with Crippen LogP contribution in [0, 0.1) is 5.82 Å². The van der Waals surface area contributed by atoms with E-state index in [1.807, 2.05) is 17.6 Å². The molecule has 0 aliphatic carbocycles. The third-order valence-corrected chi connectivity index (χ3v) is 3.24. The summed E-state index contributed by atoms with van der Waals surface area (Å²) < 4.78 is 13.8. The van der Waals surface area contributed by atoms with Crippen molar-refractivity contribution in [3.63, 3.8) is 0 Å². The Balaban J connectivity index is 2.00. The molecule has 0 saturated carbocycles. The van der Waals surface area contributed by atoms with Gasteiger partial charge >= 0.3 is 0 Å². The van der Waals surface area contributed by atoms with Crippen LogP contribution >= 0.6 is 0 Å². The van der Waals surface area contributed by atoms with Crippen LogP contribution < -0.4 is 5.48 Å². The largest absolute Gasteiger partial charge is 0.316 e. The summed E-state index contributed by atoms with van der Waals surface area (Å²) in [5.74, 6) is -0.177. The average Bonchev–Trinajstić information content (AvgIpc) is 2.34. The number of nitrogens with one attached hydrogen (secondary N) is 1. The lowest BCUT2D eigenvalue weighted by Gasteiger charge is -2.26. The first-order chi connectivity index (χ1) is 8.29. The van der Waals surface area contributed by atoms with Crippen LogP contribution in [0.2, 0.25) is 0 Å². The van der Waals surface area contributed by atoms with Gasteiger partial charge in [-0.2, -0.15) is 0 Å². The maximum atomic E-state index is 13.8. The van der Waals surface area contributed by atoms with E-state index in [1.54, 1.807) is 0 Å². The average molecular weight is 238 g/mol. The van der Waals surface area contributed by atoms with Crippen molar-refractivity contribution >= 4 is 0 Å². The molecule has 0 aromatic heterocycles. The van der Waals surface area contributed by atoms with E-state index < -0.39 is 0 Å². The van der Waals surface area contributed by atoms with Crippen molar-refractivity contribution in [3.8, 4) is 0 Å². The van der Waals surface area contributed by atoms with Gasteiger partial charge in [-0.05, 0) is 37.6 Å². The summed E-state index contributed by atoms with van der Waals surface area (Å²) in [5.41, 5.74) is 3.54. The van der Waals surface area contributed by atoms with E-state index >= 15 is 0 Å². The van der Waals surface area contributed by atoms with Crippen LogP contribution in [0.15, 0.2) is 18.2 Å². The van der Waals surface area contributed by atoms with Gasteiger partial charge in [-0.25, -0.2) is 9.87 Å². The summed E-state index contributed by atoms with van der Waals surface area (Å²) >= 11 is 0. The molecule has 2 N–H and O–H groups in total. The van der Waals surface area contributed by atoms with Crippen molar-refractivity contribution in [3.05, 3.63) is 35.1 Å². The van der Waals surface area contributed by atoms with E-state index in [0.717, 1.165) is 24.2 Å². The molecule has 1 aromatic rings. The standard InChI is InChI=1S/C13H19FN2O/c14-13-8-11(9-15-17)4-5-12(13)10-16-6-2-1-3-7-16/h4-5,8,15,17H,1-3,6-7,9-10H2. The third-order valence-electron chi connectivity index (χ3n) is 3.24. The van der Waals surface area contributed by atoms with E-state index in [2.05, 4.69) is 4.90 Å². The summed E-state index contributed by atoms with van der Waals surface area (Å²) in [4.78, 5) is 2.30. The van der Waals surface area contributed by atoms with Crippen LogP contribution in [-0.4, -0.2) is 23.2 Å². The molecule has 0 spiro atoms. The van der Waals surface area contributed by atoms with E-state index in [-0.39, 0.29) is 12.4 Å². The number of hydrogen-bond acceptors (Lipinski definition) is 3. The number of halogens is 1. The van der Waals surface area contributed by atoms with E-state index in [0.29, 0.717) is 6.54 Å². The lowest BCUT2D eigenvalue weighted by atomic mass is 10.1. The highest BCUT2D eigenvalue weighted by molar-refractivity contribution is 5.24. The van der Waals surface area contributed by atoms with E-state index in [4.69, 9.17) is 5.21 Å². The number of likely N-dealkylation sites (tertiary alicyclic amines) is 1. The maximum absolute atomic E-state index is 13.8. The fraction of sp³-hybridized carbons (Fsp3) is 0.538. The Bertz CT molecular complexity index is 364. The van der Waals surface area contributed by atoms with Gasteiger partial charge in [0.25, 0.3) is 0 Å². The lowest BCUT2D eigenvalue weighted by Crippen LogP contribution is -2.29. The van der Waals surface area contributed by atoms with Crippen LogP contribution in [0.3, 0.4) is 0 Å². The lowest BCUT2D eigenvalue weighted by molar-refractivity contribution is 0.161. The zero-order chi connectivity index (χ0) is 12.1. The summed E-state index contributed by atoms with van der Waals surface area (Å²) in [5, 5.41) is 8.56. The Morgan fingerprint density at radius 1 is 1.24 bits per heavy atom. The van der Waals surface area contributed by atoms with Gasteiger partial charge in [0, 0.05) is 18.7 Å². The minimum Gasteiger partial charge on any atom is -0.316 e. The zero-order valence-corrected chi connectivity index (χ0v) is 9.95. The topological polar surface area (TPSA) is 35.5 Å². The van der Waals surface area contributed by atoms with Crippen LogP contribution in [0.1, 0.15) is 30.4 Å². The predicted molar refractivity (Wildman–Crippen MR) is 64.2 cm³/mol. The molecule has 1 aliphatic heterocycles. The highest BCUT2D eigenvalue weighted by atomic mass is 19.1. The van der Waals surface area contributed by atoms with Crippen molar-refractivity contribution in [2.45, 2.75) is 32.4 Å². The Morgan fingerprint density at radius 3 is 2.65 bits per heavy atom. The Labute approximate surface area is 101 Å². The van der Waals surface area contributed by atoms with Gasteiger partial charge in [-0.3, -0.25) is 4.90 Å². The number of hydroxylamine groups is 1. The number of benzene rings is 1. The molecule has 0 radical (unpaired) electrons. The maximum Gasteiger partial charge on any atom is 0.128 e. The molecule has 2 rings (SSSR count). The molecule has 1 fully saturated rings. The normalized spacial score (nSPS) is 17.3. The quantitative estimate of drug-likeness (QED) is 0.790.